The SMILES string of the molecule is CC1CNC2(CCCC(C)C2C)SC1. The van der Waals surface area contributed by atoms with Gasteiger partial charge in [0.1, 0.15) is 0 Å². The van der Waals surface area contributed by atoms with Gasteiger partial charge in [0.15, 0.2) is 0 Å². The maximum absolute atomic E-state index is 3.83. The van der Waals surface area contributed by atoms with Gasteiger partial charge in [0.25, 0.3) is 0 Å². The summed E-state index contributed by atoms with van der Waals surface area (Å²) in [6.07, 6.45) is 4.23. The van der Waals surface area contributed by atoms with Crippen LogP contribution in [0.2, 0.25) is 0 Å². The summed E-state index contributed by atoms with van der Waals surface area (Å²) in [5, 5.41) is 3.83. The summed E-state index contributed by atoms with van der Waals surface area (Å²) in [6.45, 7) is 8.44. The Kier molecular flexibility index (Phi) is 3.13. The van der Waals surface area contributed by atoms with E-state index in [4.69, 9.17) is 0 Å². The Morgan fingerprint density at radius 3 is 2.71 bits per heavy atom. The van der Waals surface area contributed by atoms with Crippen LogP contribution in [-0.4, -0.2) is 17.2 Å². The minimum atomic E-state index is 0.435. The third-order valence-electron chi connectivity index (χ3n) is 4.17. The minimum Gasteiger partial charge on any atom is -0.302 e. The fourth-order valence-electron chi connectivity index (χ4n) is 2.82. The Morgan fingerprint density at radius 1 is 1.29 bits per heavy atom. The molecule has 0 aromatic heterocycles. The van der Waals surface area contributed by atoms with E-state index in [0.29, 0.717) is 4.87 Å². The molecule has 0 aromatic rings. The molecule has 1 N–H and O–H groups in total. The highest BCUT2D eigenvalue weighted by molar-refractivity contribution is 8.00. The van der Waals surface area contributed by atoms with Crippen LogP contribution in [0.4, 0.5) is 0 Å². The van der Waals surface area contributed by atoms with E-state index in [9.17, 15) is 0 Å². The van der Waals surface area contributed by atoms with Crippen molar-refractivity contribution in [1.82, 2.24) is 5.32 Å². The summed E-state index contributed by atoms with van der Waals surface area (Å²) in [5.41, 5.74) is 0. The van der Waals surface area contributed by atoms with Crippen LogP contribution in [0.25, 0.3) is 0 Å². The lowest BCUT2D eigenvalue weighted by Crippen LogP contribution is -2.56. The molecular formula is C12H23NS. The summed E-state index contributed by atoms with van der Waals surface area (Å²) < 4.78 is 0. The molecule has 1 saturated carbocycles. The van der Waals surface area contributed by atoms with Crippen LogP contribution in [0, 0.1) is 17.8 Å². The molecule has 2 fully saturated rings. The summed E-state index contributed by atoms with van der Waals surface area (Å²) in [6, 6.07) is 0. The second kappa shape index (κ2) is 4.05. The van der Waals surface area contributed by atoms with Gasteiger partial charge in [-0.1, -0.05) is 33.6 Å². The van der Waals surface area contributed by atoms with Crippen molar-refractivity contribution in [1.29, 1.82) is 0 Å². The van der Waals surface area contributed by atoms with Gasteiger partial charge in [-0.2, -0.15) is 0 Å². The van der Waals surface area contributed by atoms with Gasteiger partial charge in [-0.25, -0.2) is 0 Å². The molecule has 4 unspecified atom stereocenters. The van der Waals surface area contributed by atoms with Crippen LogP contribution in [-0.2, 0) is 0 Å². The average Bonchev–Trinajstić information content (AvgIpc) is 2.19. The van der Waals surface area contributed by atoms with Crippen LogP contribution in [0.5, 0.6) is 0 Å². The molecule has 14 heavy (non-hydrogen) atoms. The third-order valence-corrected chi connectivity index (χ3v) is 6.14. The quantitative estimate of drug-likeness (QED) is 0.663. The van der Waals surface area contributed by atoms with E-state index < -0.39 is 0 Å². The molecule has 1 spiro atoms. The lowest BCUT2D eigenvalue weighted by atomic mass is 9.77. The Labute approximate surface area is 92.4 Å². The fourth-order valence-corrected chi connectivity index (χ4v) is 4.49. The van der Waals surface area contributed by atoms with E-state index in [1.54, 1.807) is 0 Å². The van der Waals surface area contributed by atoms with Crippen molar-refractivity contribution in [3.63, 3.8) is 0 Å². The van der Waals surface area contributed by atoms with Gasteiger partial charge in [-0.05, 0) is 36.5 Å². The molecule has 1 heterocycles. The van der Waals surface area contributed by atoms with Crippen LogP contribution in [0.3, 0.4) is 0 Å². The first-order valence-corrected chi connectivity index (χ1v) is 7.01. The Hall–Kier alpha value is 0.310. The lowest BCUT2D eigenvalue weighted by molar-refractivity contribution is 0.172. The normalized spacial score (nSPS) is 49.5. The maximum Gasteiger partial charge on any atom is 0.0673 e. The molecule has 1 aliphatic heterocycles. The molecule has 1 aliphatic carbocycles. The molecule has 1 nitrogen and oxygen atoms in total. The van der Waals surface area contributed by atoms with Crippen LogP contribution >= 0.6 is 11.8 Å². The second-order valence-corrected chi connectivity index (χ2v) is 6.70. The van der Waals surface area contributed by atoms with Crippen molar-refractivity contribution in [2.24, 2.45) is 17.8 Å². The van der Waals surface area contributed by atoms with Crippen molar-refractivity contribution in [2.45, 2.75) is 44.9 Å². The van der Waals surface area contributed by atoms with Gasteiger partial charge in [0.2, 0.25) is 0 Å². The molecule has 0 bridgehead atoms. The first kappa shape index (κ1) is 10.8. The van der Waals surface area contributed by atoms with Crippen LogP contribution < -0.4 is 5.32 Å². The van der Waals surface area contributed by atoms with Crippen LogP contribution in [0.1, 0.15) is 40.0 Å². The van der Waals surface area contributed by atoms with Crippen molar-refractivity contribution in [3.8, 4) is 0 Å². The first-order chi connectivity index (χ1) is 6.64. The van der Waals surface area contributed by atoms with Crippen LogP contribution in [0.15, 0.2) is 0 Å². The molecule has 0 aromatic carbocycles. The number of thioether (sulfide) groups is 1. The minimum absolute atomic E-state index is 0.435. The maximum atomic E-state index is 3.83. The molecule has 2 heteroatoms. The number of rotatable bonds is 0. The monoisotopic (exact) mass is 213 g/mol. The van der Waals surface area contributed by atoms with Crippen molar-refractivity contribution < 1.29 is 0 Å². The predicted octanol–water partition coefficient (Wildman–Crippen LogP) is 3.11. The highest BCUT2D eigenvalue weighted by Gasteiger charge is 2.43. The zero-order valence-electron chi connectivity index (χ0n) is 9.68. The van der Waals surface area contributed by atoms with Crippen molar-refractivity contribution in [3.05, 3.63) is 0 Å². The third kappa shape index (κ3) is 1.83. The Bertz CT molecular complexity index is 196. The van der Waals surface area contributed by atoms with E-state index in [0.717, 1.165) is 17.8 Å². The zero-order valence-corrected chi connectivity index (χ0v) is 10.5. The van der Waals surface area contributed by atoms with E-state index in [1.165, 1.54) is 31.6 Å². The number of nitrogens with one attached hydrogen (secondary N) is 1. The topological polar surface area (TPSA) is 12.0 Å². The Balaban J connectivity index is 2.06. The summed E-state index contributed by atoms with van der Waals surface area (Å²) in [5.74, 6) is 3.95. The van der Waals surface area contributed by atoms with Gasteiger partial charge in [0.05, 0.1) is 4.87 Å². The number of hydrogen-bond donors (Lipinski definition) is 1. The summed E-state index contributed by atoms with van der Waals surface area (Å²) in [4.78, 5) is 0.435. The zero-order chi connectivity index (χ0) is 10.2. The molecule has 82 valence electrons. The molecule has 1 saturated heterocycles. The van der Waals surface area contributed by atoms with E-state index in [-0.39, 0.29) is 0 Å². The lowest BCUT2D eigenvalue weighted by Gasteiger charge is -2.49. The second-order valence-electron chi connectivity index (χ2n) is 5.34. The van der Waals surface area contributed by atoms with Gasteiger partial charge in [-0.15, -0.1) is 11.8 Å². The van der Waals surface area contributed by atoms with Gasteiger partial charge < -0.3 is 5.32 Å². The molecular weight excluding hydrogens is 190 g/mol. The molecule has 0 radical (unpaired) electrons. The molecule has 0 amide bonds. The first-order valence-electron chi connectivity index (χ1n) is 6.03. The van der Waals surface area contributed by atoms with E-state index in [1.807, 2.05) is 0 Å². The summed E-state index contributed by atoms with van der Waals surface area (Å²) in [7, 11) is 0. The standard InChI is InChI=1S/C12H23NS/c1-9-7-13-12(14-8-9)6-4-5-10(2)11(12)3/h9-11,13H,4-8H2,1-3H3. The molecule has 2 aliphatic rings. The molecule has 2 rings (SSSR count). The average molecular weight is 213 g/mol. The molecule has 4 atom stereocenters. The van der Waals surface area contributed by atoms with Crippen molar-refractivity contribution in [2.75, 3.05) is 12.3 Å². The van der Waals surface area contributed by atoms with Crippen molar-refractivity contribution >= 4 is 11.8 Å². The fraction of sp³-hybridized carbons (Fsp3) is 1.00. The smallest absolute Gasteiger partial charge is 0.0673 e. The largest absolute Gasteiger partial charge is 0.302 e. The van der Waals surface area contributed by atoms with E-state index in [2.05, 4.69) is 37.8 Å². The Morgan fingerprint density at radius 2 is 2.07 bits per heavy atom. The highest BCUT2D eigenvalue weighted by Crippen LogP contribution is 2.46. The number of hydrogen-bond acceptors (Lipinski definition) is 2. The van der Waals surface area contributed by atoms with Gasteiger partial charge in [0, 0.05) is 0 Å². The summed E-state index contributed by atoms with van der Waals surface area (Å²) >= 11 is 2.20. The predicted molar refractivity (Wildman–Crippen MR) is 64.5 cm³/mol. The van der Waals surface area contributed by atoms with Gasteiger partial charge in [-0.3, -0.25) is 0 Å². The highest BCUT2D eigenvalue weighted by atomic mass is 32.2. The van der Waals surface area contributed by atoms with Gasteiger partial charge >= 0.3 is 0 Å². The van der Waals surface area contributed by atoms with E-state index >= 15 is 0 Å².